The predicted octanol–water partition coefficient (Wildman–Crippen LogP) is 4.27. The molecular weight excluding hydrogens is 402 g/mol. The third-order valence-corrected chi connectivity index (χ3v) is 7.25. The molecule has 1 aromatic heterocycles. The van der Waals surface area contributed by atoms with Crippen LogP contribution in [0.2, 0.25) is 4.34 Å². The van der Waals surface area contributed by atoms with E-state index < -0.39 is 11.0 Å². The summed E-state index contributed by atoms with van der Waals surface area (Å²) in [4.78, 5) is 13.4. The zero-order valence-electron chi connectivity index (χ0n) is 15.2. The Balaban J connectivity index is 2.09. The van der Waals surface area contributed by atoms with Gasteiger partial charge in [-0.2, -0.15) is 5.10 Å². The van der Waals surface area contributed by atoms with Crippen LogP contribution in [0.5, 0.6) is 0 Å². The highest BCUT2D eigenvalue weighted by molar-refractivity contribution is 8.15. The molecule has 2 N–H and O–H groups in total. The number of nitrogens with two attached hydrogens (primary N) is 1. The van der Waals surface area contributed by atoms with Crippen LogP contribution >= 0.6 is 34.7 Å². The molecule has 3 rings (SSSR count). The van der Waals surface area contributed by atoms with Gasteiger partial charge in [0.15, 0.2) is 0 Å². The van der Waals surface area contributed by atoms with Gasteiger partial charge in [0.2, 0.25) is 0 Å². The monoisotopic (exact) mass is 423 g/mol. The van der Waals surface area contributed by atoms with E-state index in [4.69, 9.17) is 27.2 Å². The first-order chi connectivity index (χ1) is 13.0. The van der Waals surface area contributed by atoms with E-state index in [1.807, 2.05) is 42.5 Å². The molecule has 0 bridgehead atoms. The van der Waals surface area contributed by atoms with Crippen molar-refractivity contribution in [3.8, 4) is 0 Å². The lowest BCUT2D eigenvalue weighted by Crippen LogP contribution is -2.46. The summed E-state index contributed by atoms with van der Waals surface area (Å²) in [5, 5.41) is 7.08. The summed E-state index contributed by atoms with van der Waals surface area (Å²) in [5.41, 5.74) is 6.83. The summed E-state index contributed by atoms with van der Waals surface area (Å²) in [7, 11) is 1.53. The minimum Gasteiger partial charge on any atom is -0.372 e. The highest BCUT2D eigenvalue weighted by Crippen LogP contribution is 2.51. The fourth-order valence-electron chi connectivity index (χ4n) is 2.95. The zero-order chi connectivity index (χ0) is 19.4. The first-order valence-corrected chi connectivity index (χ1v) is 10.7. The maximum Gasteiger partial charge on any atom is 0.273 e. The van der Waals surface area contributed by atoms with Gasteiger partial charge in [-0.05, 0) is 44.0 Å². The minimum atomic E-state index is -0.656. The van der Waals surface area contributed by atoms with Gasteiger partial charge in [0, 0.05) is 7.11 Å². The van der Waals surface area contributed by atoms with Gasteiger partial charge < -0.3 is 10.5 Å². The molecule has 2 heterocycles. The molecule has 0 saturated carbocycles. The molecule has 2 atom stereocenters. The molecule has 1 aliphatic heterocycles. The van der Waals surface area contributed by atoms with Gasteiger partial charge in [-0.25, -0.2) is 5.01 Å². The Morgan fingerprint density at radius 2 is 2.07 bits per heavy atom. The van der Waals surface area contributed by atoms with Crippen LogP contribution in [0.15, 0.2) is 47.6 Å². The molecular formula is C19H22ClN3O2S2. The largest absolute Gasteiger partial charge is 0.372 e. The number of halogens is 1. The Bertz CT molecular complexity index is 827. The van der Waals surface area contributed by atoms with E-state index in [1.165, 1.54) is 18.4 Å². The molecule has 1 aromatic carbocycles. The van der Waals surface area contributed by atoms with Gasteiger partial charge >= 0.3 is 0 Å². The Morgan fingerprint density at radius 3 is 2.67 bits per heavy atom. The number of rotatable bonds is 7. The van der Waals surface area contributed by atoms with E-state index in [0.717, 1.165) is 21.9 Å². The summed E-state index contributed by atoms with van der Waals surface area (Å²) in [5.74, 6) is -0.177. The molecule has 1 amide bonds. The number of thiophene rings is 1. The van der Waals surface area contributed by atoms with Crippen molar-refractivity contribution in [3.05, 3.63) is 57.2 Å². The first kappa shape index (κ1) is 20.4. The number of nitrogens with zero attached hydrogens (tertiary/aromatic N) is 2. The van der Waals surface area contributed by atoms with Crippen molar-refractivity contribution in [1.29, 1.82) is 0 Å². The van der Waals surface area contributed by atoms with Crippen molar-refractivity contribution in [2.45, 2.75) is 30.7 Å². The number of methoxy groups -OCH3 is 1. The molecule has 5 nitrogen and oxygen atoms in total. The molecule has 2 aromatic rings. The third-order valence-electron chi connectivity index (χ3n) is 4.44. The molecule has 27 heavy (non-hydrogen) atoms. The zero-order valence-corrected chi connectivity index (χ0v) is 17.6. The average molecular weight is 424 g/mol. The van der Waals surface area contributed by atoms with Crippen molar-refractivity contribution in [1.82, 2.24) is 5.01 Å². The lowest BCUT2D eigenvalue weighted by molar-refractivity contribution is -0.144. The summed E-state index contributed by atoms with van der Waals surface area (Å²) in [6.07, 6.45) is 0.856. The third kappa shape index (κ3) is 4.07. The highest BCUT2D eigenvalue weighted by Gasteiger charge is 2.49. The Kier molecular flexibility index (Phi) is 6.60. The van der Waals surface area contributed by atoms with E-state index in [1.54, 1.807) is 23.7 Å². The van der Waals surface area contributed by atoms with E-state index >= 15 is 0 Å². The molecule has 0 spiro atoms. The van der Waals surface area contributed by atoms with Gasteiger partial charge in [-0.1, -0.05) is 53.7 Å². The minimum absolute atomic E-state index is 0.177. The van der Waals surface area contributed by atoms with E-state index in [9.17, 15) is 4.79 Å². The Morgan fingerprint density at radius 1 is 1.33 bits per heavy atom. The second kappa shape index (κ2) is 8.75. The smallest absolute Gasteiger partial charge is 0.273 e. The maximum absolute atomic E-state index is 13.1. The molecule has 0 aliphatic carbocycles. The molecule has 8 heteroatoms. The molecule has 0 radical (unpaired) electrons. The Hall–Kier alpha value is -1.38. The van der Waals surface area contributed by atoms with Crippen LogP contribution < -0.4 is 5.73 Å². The van der Waals surface area contributed by atoms with E-state index in [0.29, 0.717) is 17.3 Å². The predicted molar refractivity (Wildman–Crippen MR) is 113 cm³/mol. The van der Waals surface area contributed by atoms with Crippen molar-refractivity contribution in [3.63, 3.8) is 0 Å². The molecule has 1 unspecified atom stereocenters. The summed E-state index contributed by atoms with van der Waals surface area (Å²) in [6.45, 7) is 2.28. The van der Waals surface area contributed by atoms with Gasteiger partial charge in [-0.3, -0.25) is 4.79 Å². The number of hydrogen-bond acceptors (Lipinski definition) is 6. The number of thioether (sulfide) groups is 1. The van der Waals surface area contributed by atoms with Crippen molar-refractivity contribution in [2.75, 3.05) is 13.7 Å². The maximum atomic E-state index is 13.1. The van der Waals surface area contributed by atoms with Crippen LogP contribution in [0.1, 0.15) is 30.2 Å². The van der Waals surface area contributed by atoms with E-state index in [-0.39, 0.29) is 5.91 Å². The van der Waals surface area contributed by atoms with Gasteiger partial charge in [-0.15, -0.1) is 11.3 Å². The molecule has 144 valence electrons. The van der Waals surface area contributed by atoms with Crippen LogP contribution in [0.25, 0.3) is 0 Å². The fraction of sp³-hybridized carbons (Fsp3) is 0.368. The first-order valence-electron chi connectivity index (χ1n) is 8.67. The number of carbonyl (C=O) groups is 1. The SMILES string of the molecule is CO[C@@H](C)C(=O)N1N=C(c2ccc(Cl)s2)SC1(CCCN)c1ccccc1. The van der Waals surface area contributed by atoms with Crippen LogP contribution in [0.3, 0.4) is 0 Å². The van der Waals surface area contributed by atoms with Gasteiger partial charge in [0.25, 0.3) is 5.91 Å². The molecule has 0 fully saturated rings. The summed E-state index contributed by atoms with van der Waals surface area (Å²) >= 11 is 9.15. The van der Waals surface area contributed by atoms with Crippen LogP contribution in [-0.2, 0) is 14.4 Å². The number of ether oxygens (including phenoxy) is 1. The van der Waals surface area contributed by atoms with Crippen molar-refractivity contribution >= 4 is 45.7 Å². The Labute approximate surface area is 172 Å². The van der Waals surface area contributed by atoms with Crippen molar-refractivity contribution < 1.29 is 9.53 Å². The van der Waals surface area contributed by atoms with Crippen LogP contribution in [0.4, 0.5) is 0 Å². The number of hydrogen-bond donors (Lipinski definition) is 1. The summed E-state index contributed by atoms with van der Waals surface area (Å²) in [6, 6.07) is 13.7. The average Bonchev–Trinajstić information content (AvgIpc) is 3.30. The quantitative estimate of drug-likeness (QED) is 0.722. The van der Waals surface area contributed by atoms with Crippen molar-refractivity contribution in [2.24, 2.45) is 10.8 Å². The second-order valence-electron chi connectivity index (χ2n) is 6.18. The van der Waals surface area contributed by atoms with Crippen LogP contribution in [0, 0.1) is 0 Å². The number of benzene rings is 1. The number of carbonyl (C=O) groups excluding carboxylic acids is 1. The second-order valence-corrected chi connectivity index (χ2v) is 9.16. The van der Waals surface area contributed by atoms with E-state index in [2.05, 4.69) is 0 Å². The van der Waals surface area contributed by atoms with Gasteiger partial charge in [0.05, 0.1) is 9.21 Å². The standard InChI is InChI=1S/C19H22ClN3O2S2/c1-13(25-2)18(24)23-19(11-6-12-21,14-7-4-3-5-8-14)27-17(22-23)15-9-10-16(20)26-15/h3-5,7-10,13H,6,11-12,21H2,1-2H3/t13-,19?/m0/s1. The molecule has 1 aliphatic rings. The topological polar surface area (TPSA) is 67.9 Å². The number of hydrazone groups is 1. The summed E-state index contributed by atoms with van der Waals surface area (Å²) < 4.78 is 5.98. The lowest BCUT2D eigenvalue weighted by Gasteiger charge is -2.36. The normalized spacial score (nSPS) is 20.6. The number of amides is 1. The fourth-order valence-corrected chi connectivity index (χ4v) is 5.45. The highest BCUT2D eigenvalue weighted by atomic mass is 35.5. The lowest BCUT2D eigenvalue weighted by atomic mass is 10.00. The molecule has 0 saturated heterocycles. The van der Waals surface area contributed by atoms with Crippen LogP contribution in [-0.4, -0.2) is 35.7 Å². The van der Waals surface area contributed by atoms with Gasteiger partial charge in [0.1, 0.15) is 16.0 Å².